The maximum Gasteiger partial charge on any atom is 0.127 e. The lowest BCUT2D eigenvalue weighted by Crippen LogP contribution is -2.26. The Morgan fingerprint density at radius 3 is 2.78 bits per heavy atom. The molecule has 0 saturated heterocycles. The summed E-state index contributed by atoms with van der Waals surface area (Å²) in [6, 6.07) is 11.4. The third-order valence-corrected chi connectivity index (χ3v) is 3.92. The molecule has 0 amide bonds. The van der Waals surface area contributed by atoms with Crippen LogP contribution in [0.5, 0.6) is 5.75 Å². The van der Waals surface area contributed by atoms with Crippen LogP contribution in [0.4, 0.5) is 4.39 Å². The normalized spacial score (nSPS) is 14.7. The van der Waals surface area contributed by atoms with E-state index in [1.54, 1.807) is 18.2 Å². The van der Waals surface area contributed by atoms with Gasteiger partial charge in [-0.3, -0.25) is 0 Å². The molecule has 23 heavy (non-hydrogen) atoms. The molecule has 0 spiro atoms. The molecule has 1 atom stereocenters. The second-order valence-corrected chi connectivity index (χ2v) is 5.91. The molecule has 0 bridgehead atoms. The highest BCUT2D eigenvalue weighted by Gasteiger charge is 2.12. The lowest BCUT2D eigenvalue weighted by molar-refractivity contribution is 0.175. The Morgan fingerprint density at radius 1 is 1.22 bits per heavy atom. The fourth-order valence-corrected chi connectivity index (χ4v) is 2.65. The molecule has 0 aromatic heterocycles. The van der Waals surface area contributed by atoms with Crippen LogP contribution in [0, 0.1) is 5.82 Å². The standard InChI is InChI=1S/C18H17ClFNO2/c19-15-3-6-18-14(8-15)7-12(11-23-18)9-21-10-17(22)13-1-4-16(20)5-2-13/h1-8,17,21-22H,9-11H2. The molecule has 3 nitrogen and oxygen atoms in total. The van der Waals surface area contributed by atoms with Crippen LogP contribution in [-0.4, -0.2) is 24.8 Å². The maximum atomic E-state index is 12.9. The molecule has 1 heterocycles. The van der Waals surface area contributed by atoms with Crippen molar-refractivity contribution in [1.82, 2.24) is 5.32 Å². The van der Waals surface area contributed by atoms with Crippen LogP contribution in [0.25, 0.3) is 6.08 Å². The van der Waals surface area contributed by atoms with Crippen molar-refractivity contribution in [3.63, 3.8) is 0 Å². The summed E-state index contributed by atoms with van der Waals surface area (Å²) < 4.78 is 18.5. The molecule has 5 heteroatoms. The smallest absolute Gasteiger partial charge is 0.127 e. The van der Waals surface area contributed by atoms with Crippen molar-refractivity contribution in [3.05, 3.63) is 70.0 Å². The number of fused-ring (bicyclic) bond motifs is 1. The first kappa shape index (κ1) is 16.0. The van der Waals surface area contributed by atoms with Gasteiger partial charge in [-0.25, -0.2) is 4.39 Å². The summed E-state index contributed by atoms with van der Waals surface area (Å²) in [6.07, 6.45) is 1.37. The van der Waals surface area contributed by atoms with Crippen LogP contribution < -0.4 is 10.1 Å². The minimum Gasteiger partial charge on any atom is -0.489 e. The van der Waals surface area contributed by atoms with E-state index in [1.807, 2.05) is 18.2 Å². The number of aliphatic hydroxyl groups is 1. The molecule has 0 saturated carbocycles. The Morgan fingerprint density at radius 2 is 2.00 bits per heavy atom. The van der Waals surface area contributed by atoms with Gasteiger partial charge in [-0.05, 0) is 47.5 Å². The zero-order valence-electron chi connectivity index (χ0n) is 12.4. The molecule has 2 aromatic carbocycles. The molecule has 0 aliphatic carbocycles. The van der Waals surface area contributed by atoms with Gasteiger partial charge in [0, 0.05) is 23.7 Å². The van der Waals surface area contributed by atoms with E-state index in [0.717, 1.165) is 16.9 Å². The molecule has 120 valence electrons. The lowest BCUT2D eigenvalue weighted by atomic mass is 10.1. The molecular formula is C18H17ClFNO2. The Labute approximate surface area is 139 Å². The van der Waals surface area contributed by atoms with E-state index in [0.29, 0.717) is 30.3 Å². The van der Waals surface area contributed by atoms with E-state index in [2.05, 4.69) is 5.32 Å². The summed E-state index contributed by atoms with van der Waals surface area (Å²) in [7, 11) is 0. The van der Waals surface area contributed by atoms with Crippen molar-refractivity contribution in [2.45, 2.75) is 6.10 Å². The quantitative estimate of drug-likeness (QED) is 0.878. The molecule has 1 unspecified atom stereocenters. The molecule has 0 fully saturated rings. The fraction of sp³-hybridized carbons (Fsp3) is 0.222. The van der Waals surface area contributed by atoms with Gasteiger partial charge in [0.05, 0.1) is 6.10 Å². The van der Waals surface area contributed by atoms with Crippen LogP contribution in [0.2, 0.25) is 5.02 Å². The average Bonchev–Trinajstić information content (AvgIpc) is 2.55. The average molecular weight is 334 g/mol. The highest BCUT2D eigenvalue weighted by Crippen LogP contribution is 2.28. The third-order valence-electron chi connectivity index (χ3n) is 3.69. The second kappa shape index (κ2) is 7.13. The molecule has 3 rings (SSSR count). The summed E-state index contributed by atoms with van der Waals surface area (Å²) >= 11 is 5.99. The zero-order valence-corrected chi connectivity index (χ0v) is 13.2. The van der Waals surface area contributed by atoms with Crippen molar-refractivity contribution in [1.29, 1.82) is 0 Å². The van der Waals surface area contributed by atoms with Crippen molar-refractivity contribution in [3.8, 4) is 5.75 Å². The number of ether oxygens (including phenoxy) is 1. The van der Waals surface area contributed by atoms with E-state index in [1.165, 1.54) is 12.1 Å². The summed E-state index contributed by atoms with van der Waals surface area (Å²) in [4.78, 5) is 0. The highest BCUT2D eigenvalue weighted by molar-refractivity contribution is 6.30. The minimum atomic E-state index is -0.678. The van der Waals surface area contributed by atoms with Crippen molar-refractivity contribution >= 4 is 17.7 Å². The van der Waals surface area contributed by atoms with Crippen molar-refractivity contribution in [2.75, 3.05) is 19.7 Å². The van der Waals surface area contributed by atoms with Crippen LogP contribution >= 0.6 is 11.6 Å². The zero-order chi connectivity index (χ0) is 16.2. The van der Waals surface area contributed by atoms with E-state index in [4.69, 9.17) is 16.3 Å². The molecule has 1 aliphatic rings. The number of rotatable bonds is 5. The fourth-order valence-electron chi connectivity index (χ4n) is 2.47. The van der Waals surface area contributed by atoms with Gasteiger partial charge in [0.15, 0.2) is 0 Å². The number of nitrogens with one attached hydrogen (secondary N) is 1. The Bertz CT molecular complexity index is 715. The van der Waals surface area contributed by atoms with E-state index in [9.17, 15) is 9.50 Å². The number of hydrogen-bond acceptors (Lipinski definition) is 3. The number of hydrogen-bond donors (Lipinski definition) is 2. The summed E-state index contributed by atoms with van der Waals surface area (Å²) in [5.41, 5.74) is 2.72. The van der Waals surface area contributed by atoms with Gasteiger partial charge in [0.25, 0.3) is 0 Å². The first-order valence-corrected chi connectivity index (χ1v) is 7.75. The highest BCUT2D eigenvalue weighted by atomic mass is 35.5. The molecule has 2 aromatic rings. The van der Waals surface area contributed by atoms with E-state index < -0.39 is 6.10 Å². The minimum absolute atomic E-state index is 0.309. The van der Waals surface area contributed by atoms with Gasteiger partial charge >= 0.3 is 0 Å². The first-order valence-electron chi connectivity index (χ1n) is 7.38. The maximum absolute atomic E-state index is 12.9. The van der Waals surface area contributed by atoms with Gasteiger partial charge in [-0.2, -0.15) is 0 Å². The molecule has 0 radical (unpaired) electrons. The monoisotopic (exact) mass is 333 g/mol. The van der Waals surface area contributed by atoms with Gasteiger partial charge in [-0.1, -0.05) is 23.7 Å². The van der Waals surface area contributed by atoms with E-state index in [-0.39, 0.29) is 5.82 Å². The van der Waals surface area contributed by atoms with Crippen molar-refractivity contribution in [2.24, 2.45) is 0 Å². The SMILES string of the molecule is OC(CNCC1=Cc2cc(Cl)ccc2OC1)c1ccc(F)cc1. The largest absolute Gasteiger partial charge is 0.489 e. The second-order valence-electron chi connectivity index (χ2n) is 5.47. The Balaban J connectivity index is 1.56. The molecule has 2 N–H and O–H groups in total. The molecular weight excluding hydrogens is 317 g/mol. The summed E-state index contributed by atoms with van der Waals surface area (Å²) in [5, 5.41) is 13.9. The van der Waals surface area contributed by atoms with Gasteiger partial charge in [0.1, 0.15) is 18.2 Å². The number of halogens is 2. The van der Waals surface area contributed by atoms with Crippen molar-refractivity contribution < 1.29 is 14.2 Å². The Kier molecular flexibility index (Phi) is 4.96. The predicted molar refractivity (Wildman–Crippen MR) is 89.2 cm³/mol. The lowest BCUT2D eigenvalue weighted by Gasteiger charge is -2.19. The van der Waals surface area contributed by atoms with Gasteiger partial charge in [-0.15, -0.1) is 0 Å². The summed E-state index contributed by atoms with van der Waals surface area (Å²) in [6.45, 7) is 1.49. The van der Waals surface area contributed by atoms with Gasteiger partial charge < -0.3 is 15.2 Å². The van der Waals surface area contributed by atoms with Crippen LogP contribution in [0.1, 0.15) is 17.2 Å². The van der Waals surface area contributed by atoms with Crippen LogP contribution in [0.3, 0.4) is 0 Å². The predicted octanol–water partition coefficient (Wildman–Crippen LogP) is 3.58. The summed E-state index contributed by atoms with van der Waals surface area (Å²) in [5.74, 6) is 0.514. The third kappa shape index (κ3) is 4.10. The number of benzene rings is 2. The van der Waals surface area contributed by atoms with Gasteiger partial charge in [0.2, 0.25) is 0 Å². The first-order chi connectivity index (χ1) is 11.1. The van der Waals surface area contributed by atoms with Crippen LogP contribution in [0.15, 0.2) is 48.0 Å². The topological polar surface area (TPSA) is 41.5 Å². The Hall–Kier alpha value is -1.88. The van der Waals surface area contributed by atoms with Crippen LogP contribution in [-0.2, 0) is 0 Å². The van der Waals surface area contributed by atoms with E-state index >= 15 is 0 Å². The molecule has 1 aliphatic heterocycles. The number of aliphatic hydroxyl groups excluding tert-OH is 1.